The van der Waals surface area contributed by atoms with Crippen LogP contribution in [0.2, 0.25) is 0 Å². The maximum atomic E-state index is 12.8. The van der Waals surface area contributed by atoms with Gasteiger partial charge in [0.25, 0.3) is 0 Å². The Hall–Kier alpha value is -1.11. The molecule has 0 radical (unpaired) electrons. The zero-order valence-electron chi connectivity index (χ0n) is 12.3. The van der Waals surface area contributed by atoms with Crippen LogP contribution in [-0.2, 0) is 4.79 Å². The molecule has 0 aromatic heterocycles. The minimum atomic E-state index is -0.0587. The van der Waals surface area contributed by atoms with E-state index in [1.165, 1.54) is 17.5 Å². The van der Waals surface area contributed by atoms with E-state index in [2.05, 4.69) is 52.0 Å². The van der Waals surface area contributed by atoms with Crippen LogP contribution in [0.15, 0.2) is 24.3 Å². The molecule has 19 heavy (non-hydrogen) atoms. The fraction of sp³-hybridized carbons (Fsp3) is 0.611. The zero-order valence-corrected chi connectivity index (χ0v) is 12.3. The Kier molecular flexibility index (Phi) is 1.83. The molecule has 2 bridgehead atoms. The molecule has 1 spiro atoms. The molecule has 3 aliphatic carbocycles. The van der Waals surface area contributed by atoms with Gasteiger partial charge in [0.1, 0.15) is 5.78 Å². The van der Waals surface area contributed by atoms with E-state index >= 15 is 0 Å². The van der Waals surface area contributed by atoms with Gasteiger partial charge in [-0.2, -0.15) is 0 Å². The molecule has 1 heteroatoms. The monoisotopic (exact) mass is 254 g/mol. The summed E-state index contributed by atoms with van der Waals surface area (Å²) in [4.78, 5) is 12.8. The van der Waals surface area contributed by atoms with Crippen LogP contribution >= 0.6 is 0 Å². The van der Waals surface area contributed by atoms with Crippen molar-refractivity contribution >= 4 is 5.78 Å². The molecule has 0 aliphatic heterocycles. The summed E-state index contributed by atoms with van der Waals surface area (Å²) in [5, 5.41) is 0. The van der Waals surface area contributed by atoms with Crippen molar-refractivity contribution in [2.45, 2.75) is 46.5 Å². The number of hydrogen-bond donors (Lipinski definition) is 0. The summed E-state index contributed by atoms with van der Waals surface area (Å²) in [6, 6.07) is 8.65. The lowest BCUT2D eigenvalue weighted by atomic mass is 9.65. The average molecular weight is 254 g/mol. The summed E-state index contributed by atoms with van der Waals surface area (Å²) >= 11 is 0. The van der Waals surface area contributed by atoms with Gasteiger partial charge in [0.05, 0.1) is 0 Å². The third-order valence-electron chi connectivity index (χ3n) is 7.27. The smallest absolute Gasteiger partial charge is 0.143 e. The van der Waals surface area contributed by atoms with Crippen LogP contribution in [-0.4, -0.2) is 5.78 Å². The van der Waals surface area contributed by atoms with Crippen molar-refractivity contribution in [1.82, 2.24) is 0 Å². The molecule has 0 heterocycles. The van der Waals surface area contributed by atoms with E-state index in [9.17, 15) is 4.79 Å². The van der Waals surface area contributed by atoms with E-state index in [1.54, 1.807) is 0 Å². The van der Waals surface area contributed by atoms with Crippen molar-refractivity contribution in [1.29, 1.82) is 0 Å². The normalized spacial score (nSPS) is 45.4. The Morgan fingerprint density at radius 1 is 1.05 bits per heavy atom. The van der Waals surface area contributed by atoms with Gasteiger partial charge in [-0.3, -0.25) is 4.79 Å². The summed E-state index contributed by atoms with van der Waals surface area (Å²) in [5.74, 6) is 1.35. The van der Waals surface area contributed by atoms with Crippen molar-refractivity contribution < 1.29 is 4.79 Å². The zero-order chi connectivity index (χ0) is 13.6. The predicted molar refractivity (Wildman–Crippen MR) is 76.0 cm³/mol. The van der Waals surface area contributed by atoms with Gasteiger partial charge >= 0.3 is 0 Å². The summed E-state index contributed by atoms with van der Waals surface area (Å²) in [6.07, 6.45) is 2.34. The second kappa shape index (κ2) is 2.97. The highest BCUT2D eigenvalue weighted by molar-refractivity contribution is 5.98. The van der Waals surface area contributed by atoms with E-state index in [0.717, 1.165) is 6.42 Å². The first kappa shape index (κ1) is 11.7. The van der Waals surface area contributed by atoms with Gasteiger partial charge in [-0.15, -0.1) is 0 Å². The molecular weight excluding hydrogens is 232 g/mol. The largest absolute Gasteiger partial charge is 0.299 e. The van der Waals surface area contributed by atoms with Crippen molar-refractivity contribution in [3.63, 3.8) is 0 Å². The van der Waals surface area contributed by atoms with Gasteiger partial charge in [0.2, 0.25) is 0 Å². The Balaban J connectivity index is 1.87. The number of ketones is 1. The number of rotatable bonds is 1. The topological polar surface area (TPSA) is 17.1 Å². The van der Waals surface area contributed by atoms with E-state index in [1.807, 2.05) is 0 Å². The highest BCUT2D eigenvalue weighted by atomic mass is 16.1. The molecule has 1 aromatic carbocycles. The highest BCUT2D eigenvalue weighted by Gasteiger charge is 2.87. The molecule has 4 atom stereocenters. The van der Waals surface area contributed by atoms with Gasteiger partial charge in [-0.25, -0.2) is 0 Å². The van der Waals surface area contributed by atoms with Gasteiger partial charge in [-0.05, 0) is 41.7 Å². The second-order valence-corrected chi connectivity index (χ2v) is 7.67. The molecular formula is C18H22O. The minimum Gasteiger partial charge on any atom is -0.299 e. The van der Waals surface area contributed by atoms with Gasteiger partial charge in [0, 0.05) is 17.3 Å². The second-order valence-electron chi connectivity index (χ2n) is 7.67. The Morgan fingerprint density at radius 2 is 1.74 bits per heavy atom. The molecule has 1 nitrogen and oxygen atoms in total. The number of aryl methyl sites for hydroxylation is 1. The van der Waals surface area contributed by atoms with Crippen molar-refractivity contribution in [3.8, 4) is 0 Å². The van der Waals surface area contributed by atoms with E-state index < -0.39 is 0 Å². The van der Waals surface area contributed by atoms with Crippen LogP contribution in [0.4, 0.5) is 0 Å². The molecule has 3 aliphatic rings. The maximum absolute atomic E-state index is 12.8. The predicted octanol–water partition coefficient (Wildman–Crippen LogP) is 4.10. The summed E-state index contributed by atoms with van der Waals surface area (Å²) in [5.41, 5.74) is 3.16. The van der Waals surface area contributed by atoms with Crippen LogP contribution in [0.1, 0.15) is 50.7 Å². The lowest BCUT2D eigenvalue weighted by molar-refractivity contribution is -0.130. The first-order chi connectivity index (χ1) is 8.88. The van der Waals surface area contributed by atoms with Gasteiger partial charge in [0.15, 0.2) is 0 Å². The molecule has 100 valence electrons. The third-order valence-corrected chi connectivity index (χ3v) is 7.27. The number of carbonyl (C=O) groups is 1. The van der Waals surface area contributed by atoms with Crippen molar-refractivity contribution in [2.24, 2.45) is 22.2 Å². The first-order valence-electron chi connectivity index (χ1n) is 7.48. The Bertz CT molecular complexity index is 599. The van der Waals surface area contributed by atoms with Crippen LogP contribution < -0.4 is 0 Å². The molecule has 0 saturated heterocycles. The quantitative estimate of drug-likeness (QED) is 0.737. The van der Waals surface area contributed by atoms with Crippen molar-refractivity contribution in [3.05, 3.63) is 35.4 Å². The van der Waals surface area contributed by atoms with Gasteiger partial charge < -0.3 is 0 Å². The maximum Gasteiger partial charge on any atom is 0.143 e. The Morgan fingerprint density at radius 3 is 2.32 bits per heavy atom. The average Bonchev–Trinajstić information content (AvgIpc) is 2.97. The molecule has 0 N–H and O–H groups in total. The van der Waals surface area contributed by atoms with Crippen LogP contribution in [0, 0.1) is 29.1 Å². The number of hydrogen-bond acceptors (Lipinski definition) is 1. The Labute approximate surface area is 115 Å². The number of Topliss-reactive ketones (excluding diaryl/α,β-unsaturated/α-hetero) is 1. The number of benzene rings is 1. The summed E-state index contributed by atoms with van der Waals surface area (Å²) < 4.78 is 0. The lowest BCUT2D eigenvalue weighted by Gasteiger charge is -2.37. The van der Waals surface area contributed by atoms with Crippen LogP contribution in [0.5, 0.6) is 0 Å². The fourth-order valence-electron chi connectivity index (χ4n) is 5.68. The fourth-order valence-corrected chi connectivity index (χ4v) is 5.68. The van der Waals surface area contributed by atoms with E-state index in [4.69, 9.17) is 0 Å². The molecule has 3 fully saturated rings. The molecule has 4 rings (SSSR count). The molecule has 3 saturated carbocycles. The van der Waals surface area contributed by atoms with Crippen LogP contribution in [0.3, 0.4) is 0 Å². The molecule has 0 amide bonds. The summed E-state index contributed by atoms with van der Waals surface area (Å²) in [7, 11) is 0. The van der Waals surface area contributed by atoms with Gasteiger partial charge in [-0.1, -0.05) is 45.0 Å². The number of fused-ring (bicyclic) bond motifs is 1. The SMILES string of the molecule is Cc1ccccc1C1C2C(=O)C3(C)CCC21C3(C)C. The minimum absolute atomic E-state index is 0.0587. The molecule has 4 unspecified atom stereocenters. The van der Waals surface area contributed by atoms with E-state index in [-0.39, 0.29) is 16.2 Å². The highest BCUT2D eigenvalue weighted by Crippen LogP contribution is 2.89. The van der Waals surface area contributed by atoms with E-state index in [0.29, 0.717) is 17.6 Å². The molecule has 1 aromatic rings. The summed E-state index contributed by atoms with van der Waals surface area (Å²) in [6.45, 7) is 9.09. The van der Waals surface area contributed by atoms with Crippen molar-refractivity contribution in [2.75, 3.05) is 0 Å². The third kappa shape index (κ3) is 0.947. The first-order valence-corrected chi connectivity index (χ1v) is 7.48. The standard InChI is InChI=1S/C18H22O/c1-11-7-5-6-8-12(11)13-14-15(19)17(4)9-10-18(13,14)16(17,2)3/h5-8,13-14H,9-10H2,1-4H3. The lowest BCUT2D eigenvalue weighted by Crippen LogP contribution is -2.37. The number of carbonyl (C=O) groups excluding carboxylic acids is 1. The van der Waals surface area contributed by atoms with Crippen LogP contribution in [0.25, 0.3) is 0 Å².